The number of carbonyl (C=O) groups is 1. The number of hydrogen-bond donors (Lipinski definition) is 2. The van der Waals surface area contributed by atoms with Gasteiger partial charge in [0.15, 0.2) is 0 Å². The number of hydrogen-bond acceptors (Lipinski definition) is 4. The predicted molar refractivity (Wildman–Crippen MR) is 88.6 cm³/mol. The van der Waals surface area contributed by atoms with Crippen LogP contribution in [0.25, 0.3) is 0 Å². The quantitative estimate of drug-likeness (QED) is 0.873. The van der Waals surface area contributed by atoms with Crippen molar-refractivity contribution in [2.24, 2.45) is 5.73 Å². The van der Waals surface area contributed by atoms with Crippen molar-refractivity contribution in [1.29, 1.82) is 0 Å². The largest absolute Gasteiger partial charge is 0.491 e. The summed E-state index contributed by atoms with van der Waals surface area (Å²) in [6.07, 6.45) is 6.21. The van der Waals surface area contributed by atoms with Crippen LogP contribution in [0.4, 0.5) is 0 Å². The van der Waals surface area contributed by atoms with Crippen LogP contribution in [0.15, 0.2) is 24.3 Å². The topological polar surface area (TPSA) is 73.6 Å². The number of amides is 1. The molecule has 1 amide bonds. The van der Waals surface area contributed by atoms with Crippen molar-refractivity contribution in [3.05, 3.63) is 29.8 Å². The maximum atomic E-state index is 12.4. The first-order valence-corrected chi connectivity index (χ1v) is 8.61. The molecule has 1 aromatic carbocycles. The van der Waals surface area contributed by atoms with Gasteiger partial charge in [-0.25, -0.2) is 0 Å². The molecule has 1 atom stereocenters. The monoisotopic (exact) mass is 318 g/mol. The van der Waals surface area contributed by atoms with E-state index in [1.165, 1.54) is 0 Å². The summed E-state index contributed by atoms with van der Waals surface area (Å²) in [6.45, 7) is 1.37. The molecule has 23 heavy (non-hydrogen) atoms. The second-order valence-electron chi connectivity index (χ2n) is 6.56. The van der Waals surface area contributed by atoms with E-state index in [4.69, 9.17) is 15.2 Å². The molecule has 0 spiro atoms. The van der Waals surface area contributed by atoms with Crippen LogP contribution in [0.3, 0.4) is 0 Å². The predicted octanol–water partition coefficient (Wildman–Crippen LogP) is 2.24. The van der Waals surface area contributed by atoms with Crippen molar-refractivity contribution >= 4 is 5.91 Å². The van der Waals surface area contributed by atoms with Crippen LogP contribution in [0, 0.1) is 0 Å². The molecule has 1 saturated heterocycles. The number of ether oxygens (including phenoxy) is 2. The fourth-order valence-corrected chi connectivity index (χ4v) is 3.22. The highest BCUT2D eigenvalue weighted by Gasteiger charge is 2.21. The Labute approximate surface area is 137 Å². The van der Waals surface area contributed by atoms with Crippen molar-refractivity contribution in [2.75, 3.05) is 13.2 Å². The number of nitrogens with two attached hydrogens (primary N) is 1. The molecule has 1 unspecified atom stereocenters. The van der Waals surface area contributed by atoms with Crippen molar-refractivity contribution in [1.82, 2.24) is 5.32 Å². The molecule has 5 nitrogen and oxygen atoms in total. The number of benzene rings is 1. The molecule has 0 aromatic heterocycles. The van der Waals surface area contributed by atoms with Gasteiger partial charge in [-0.3, -0.25) is 4.79 Å². The van der Waals surface area contributed by atoms with Crippen molar-refractivity contribution < 1.29 is 14.3 Å². The summed E-state index contributed by atoms with van der Waals surface area (Å²) in [7, 11) is 0. The Morgan fingerprint density at radius 1 is 1.26 bits per heavy atom. The average Bonchev–Trinajstić information content (AvgIpc) is 3.09. The summed E-state index contributed by atoms with van der Waals surface area (Å²) >= 11 is 0. The molecule has 0 radical (unpaired) electrons. The van der Waals surface area contributed by atoms with E-state index in [2.05, 4.69) is 5.32 Å². The second kappa shape index (κ2) is 7.79. The maximum Gasteiger partial charge on any atom is 0.251 e. The highest BCUT2D eigenvalue weighted by Crippen LogP contribution is 2.19. The lowest BCUT2D eigenvalue weighted by molar-refractivity contribution is 0.0679. The lowest BCUT2D eigenvalue weighted by Crippen LogP contribution is -2.40. The Bertz CT molecular complexity index is 521. The van der Waals surface area contributed by atoms with Gasteiger partial charge in [-0.15, -0.1) is 0 Å². The Kier molecular flexibility index (Phi) is 5.51. The summed E-state index contributed by atoms with van der Waals surface area (Å²) in [5.41, 5.74) is 6.55. The minimum Gasteiger partial charge on any atom is -0.491 e. The number of nitrogens with one attached hydrogen (secondary N) is 1. The summed E-state index contributed by atoms with van der Waals surface area (Å²) in [5.74, 6) is 0.687. The van der Waals surface area contributed by atoms with E-state index in [1.54, 1.807) is 6.07 Å². The van der Waals surface area contributed by atoms with Crippen LogP contribution in [0.5, 0.6) is 5.75 Å². The van der Waals surface area contributed by atoms with E-state index in [-0.39, 0.29) is 24.1 Å². The van der Waals surface area contributed by atoms with E-state index in [0.717, 1.165) is 50.9 Å². The van der Waals surface area contributed by atoms with Crippen LogP contribution < -0.4 is 15.8 Å². The normalized spacial score (nSPS) is 27.6. The standard InChI is InChI=1S/C18H26N2O3/c19-14-6-8-15(9-7-14)20-18(21)13-3-1-4-16(11-13)23-12-17-5-2-10-22-17/h1,3-4,11,14-15,17H,2,5-10,12,19H2,(H,20,21). The molecule has 5 heteroatoms. The van der Waals surface area contributed by atoms with Gasteiger partial charge in [-0.1, -0.05) is 6.07 Å². The Hall–Kier alpha value is -1.59. The van der Waals surface area contributed by atoms with Crippen LogP contribution in [-0.2, 0) is 4.74 Å². The van der Waals surface area contributed by atoms with Crippen LogP contribution in [-0.4, -0.2) is 37.3 Å². The molecule has 126 valence electrons. The van der Waals surface area contributed by atoms with Gasteiger partial charge < -0.3 is 20.5 Å². The molecule has 1 aromatic rings. The molecule has 1 aliphatic carbocycles. The highest BCUT2D eigenvalue weighted by molar-refractivity contribution is 5.94. The van der Waals surface area contributed by atoms with Crippen LogP contribution in [0.2, 0.25) is 0 Å². The highest BCUT2D eigenvalue weighted by atomic mass is 16.5. The van der Waals surface area contributed by atoms with Crippen molar-refractivity contribution in [3.63, 3.8) is 0 Å². The zero-order chi connectivity index (χ0) is 16.1. The Balaban J connectivity index is 1.52. The maximum absolute atomic E-state index is 12.4. The first-order chi connectivity index (χ1) is 11.2. The zero-order valence-electron chi connectivity index (χ0n) is 13.5. The lowest BCUT2D eigenvalue weighted by Gasteiger charge is -2.26. The Morgan fingerprint density at radius 2 is 2.09 bits per heavy atom. The van der Waals surface area contributed by atoms with E-state index in [1.807, 2.05) is 18.2 Å². The van der Waals surface area contributed by atoms with Crippen molar-refractivity contribution in [2.45, 2.75) is 56.7 Å². The summed E-state index contributed by atoms with van der Waals surface area (Å²) in [4.78, 5) is 12.4. The molecule has 2 fully saturated rings. The minimum atomic E-state index is -0.0342. The van der Waals surface area contributed by atoms with Gasteiger partial charge in [0.05, 0.1) is 6.10 Å². The summed E-state index contributed by atoms with van der Waals surface area (Å²) in [5, 5.41) is 3.11. The molecular formula is C18H26N2O3. The van der Waals surface area contributed by atoms with Crippen molar-refractivity contribution in [3.8, 4) is 5.75 Å². The first kappa shape index (κ1) is 16.3. The van der Waals surface area contributed by atoms with Gasteiger partial charge in [0.1, 0.15) is 12.4 Å². The number of carbonyl (C=O) groups excluding carboxylic acids is 1. The molecule has 3 rings (SSSR count). The summed E-state index contributed by atoms with van der Waals surface area (Å²) < 4.78 is 11.3. The van der Waals surface area contributed by atoms with Gasteiger partial charge >= 0.3 is 0 Å². The van der Waals surface area contributed by atoms with E-state index >= 15 is 0 Å². The van der Waals surface area contributed by atoms with Crippen LogP contribution in [0.1, 0.15) is 48.9 Å². The molecule has 2 aliphatic rings. The molecule has 0 bridgehead atoms. The van der Waals surface area contributed by atoms with E-state index < -0.39 is 0 Å². The van der Waals surface area contributed by atoms with Gasteiger partial charge in [0, 0.05) is 24.3 Å². The average molecular weight is 318 g/mol. The van der Waals surface area contributed by atoms with Gasteiger partial charge in [0.2, 0.25) is 0 Å². The molecule has 1 heterocycles. The van der Waals surface area contributed by atoms with Gasteiger partial charge in [0.25, 0.3) is 5.91 Å². The SMILES string of the molecule is NC1CCC(NC(=O)c2cccc(OCC3CCCO3)c2)CC1. The molecule has 3 N–H and O–H groups in total. The third-order valence-corrected chi connectivity index (χ3v) is 4.66. The third kappa shape index (κ3) is 4.69. The Morgan fingerprint density at radius 3 is 2.83 bits per heavy atom. The second-order valence-corrected chi connectivity index (χ2v) is 6.56. The summed E-state index contributed by atoms with van der Waals surface area (Å²) in [6, 6.07) is 7.89. The third-order valence-electron chi connectivity index (χ3n) is 4.66. The first-order valence-electron chi connectivity index (χ1n) is 8.61. The fraction of sp³-hybridized carbons (Fsp3) is 0.611. The van der Waals surface area contributed by atoms with Gasteiger partial charge in [-0.05, 0) is 56.7 Å². The lowest BCUT2D eigenvalue weighted by atomic mass is 9.91. The zero-order valence-corrected chi connectivity index (χ0v) is 13.5. The van der Waals surface area contributed by atoms with E-state index in [9.17, 15) is 4.79 Å². The molecular weight excluding hydrogens is 292 g/mol. The van der Waals surface area contributed by atoms with E-state index in [0.29, 0.717) is 12.2 Å². The van der Waals surface area contributed by atoms with Crippen LogP contribution >= 0.6 is 0 Å². The smallest absolute Gasteiger partial charge is 0.251 e. The molecule has 1 aliphatic heterocycles. The minimum absolute atomic E-state index is 0.0342. The van der Waals surface area contributed by atoms with Gasteiger partial charge in [-0.2, -0.15) is 0 Å². The fourth-order valence-electron chi connectivity index (χ4n) is 3.22. The number of rotatable bonds is 5. The molecule has 1 saturated carbocycles.